The van der Waals surface area contributed by atoms with Gasteiger partial charge in [0.2, 0.25) is 0 Å². The SMILES string of the molecule is Cc1cc(N)cc(Nc2c3ccccc3nc3ccc(C)cc23)c1. The Labute approximate surface area is 141 Å². The van der Waals surface area contributed by atoms with Gasteiger partial charge in [-0.2, -0.15) is 0 Å². The first kappa shape index (κ1) is 14.5. The van der Waals surface area contributed by atoms with Gasteiger partial charge >= 0.3 is 0 Å². The lowest BCUT2D eigenvalue weighted by Gasteiger charge is -2.14. The molecule has 3 N–H and O–H groups in total. The number of aryl methyl sites for hydroxylation is 2. The lowest BCUT2D eigenvalue weighted by Crippen LogP contribution is -1.97. The minimum atomic E-state index is 0.761. The van der Waals surface area contributed by atoms with Crippen LogP contribution in [0.15, 0.2) is 60.7 Å². The van der Waals surface area contributed by atoms with Crippen LogP contribution in [0.5, 0.6) is 0 Å². The monoisotopic (exact) mass is 313 g/mol. The Bertz CT molecular complexity index is 1050. The molecule has 0 saturated heterocycles. The van der Waals surface area contributed by atoms with Crippen molar-refractivity contribution in [1.29, 1.82) is 0 Å². The third kappa shape index (κ3) is 2.54. The van der Waals surface area contributed by atoms with Crippen molar-refractivity contribution in [3.05, 3.63) is 71.8 Å². The van der Waals surface area contributed by atoms with Crippen LogP contribution in [0.1, 0.15) is 11.1 Å². The molecule has 118 valence electrons. The molecular weight excluding hydrogens is 294 g/mol. The van der Waals surface area contributed by atoms with Gasteiger partial charge < -0.3 is 11.1 Å². The molecule has 3 nitrogen and oxygen atoms in total. The first-order chi connectivity index (χ1) is 11.6. The molecule has 4 rings (SSSR count). The summed E-state index contributed by atoms with van der Waals surface area (Å²) in [7, 11) is 0. The smallest absolute Gasteiger partial charge is 0.0730 e. The molecule has 0 fully saturated rings. The van der Waals surface area contributed by atoms with E-state index < -0.39 is 0 Å². The molecule has 0 aliphatic rings. The number of benzene rings is 3. The molecule has 0 unspecified atom stereocenters. The van der Waals surface area contributed by atoms with Gasteiger partial charge in [0.1, 0.15) is 0 Å². The molecule has 0 radical (unpaired) electrons. The summed E-state index contributed by atoms with van der Waals surface area (Å²) in [5, 5.41) is 5.81. The van der Waals surface area contributed by atoms with E-state index in [2.05, 4.69) is 49.5 Å². The second-order valence-corrected chi connectivity index (χ2v) is 6.28. The molecular formula is C21H19N3. The summed E-state index contributed by atoms with van der Waals surface area (Å²) in [6, 6.07) is 20.6. The number of nitrogens with two attached hydrogens (primary N) is 1. The summed E-state index contributed by atoms with van der Waals surface area (Å²) in [6.45, 7) is 4.15. The molecule has 0 bridgehead atoms. The van der Waals surface area contributed by atoms with Crippen molar-refractivity contribution >= 4 is 38.9 Å². The fourth-order valence-corrected chi connectivity index (χ4v) is 3.17. The van der Waals surface area contributed by atoms with E-state index >= 15 is 0 Å². The van der Waals surface area contributed by atoms with Gasteiger partial charge in [0.15, 0.2) is 0 Å². The predicted octanol–water partition coefficient (Wildman–Crippen LogP) is 5.33. The van der Waals surface area contributed by atoms with E-state index in [1.54, 1.807) is 0 Å². The maximum Gasteiger partial charge on any atom is 0.0730 e. The third-order valence-electron chi connectivity index (χ3n) is 4.20. The summed E-state index contributed by atoms with van der Waals surface area (Å²) in [4.78, 5) is 4.79. The molecule has 1 heterocycles. The van der Waals surface area contributed by atoms with Crippen molar-refractivity contribution in [1.82, 2.24) is 4.98 Å². The number of pyridine rings is 1. The first-order valence-corrected chi connectivity index (χ1v) is 8.03. The van der Waals surface area contributed by atoms with E-state index in [0.29, 0.717) is 0 Å². The van der Waals surface area contributed by atoms with Crippen LogP contribution in [0.2, 0.25) is 0 Å². The van der Waals surface area contributed by atoms with Crippen LogP contribution in [0.25, 0.3) is 21.8 Å². The zero-order valence-corrected chi connectivity index (χ0v) is 13.8. The third-order valence-corrected chi connectivity index (χ3v) is 4.20. The Morgan fingerprint density at radius 2 is 1.58 bits per heavy atom. The molecule has 3 heteroatoms. The van der Waals surface area contributed by atoms with Crippen molar-refractivity contribution < 1.29 is 0 Å². The lowest BCUT2D eigenvalue weighted by molar-refractivity contribution is 1.43. The molecule has 0 aliphatic carbocycles. The summed E-state index contributed by atoms with van der Waals surface area (Å²) in [6.07, 6.45) is 0. The number of anilines is 3. The van der Waals surface area contributed by atoms with E-state index in [-0.39, 0.29) is 0 Å². The van der Waals surface area contributed by atoms with Crippen LogP contribution in [0, 0.1) is 13.8 Å². The van der Waals surface area contributed by atoms with Gasteiger partial charge in [-0.25, -0.2) is 4.98 Å². The Hall–Kier alpha value is -3.07. The fourth-order valence-electron chi connectivity index (χ4n) is 3.17. The predicted molar refractivity (Wildman–Crippen MR) is 103 cm³/mol. The van der Waals surface area contributed by atoms with Crippen molar-refractivity contribution in [2.45, 2.75) is 13.8 Å². The highest BCUT2D eigenvalue weighted by atomic mass is 14.9. The number of nitrogen functional groups attached to an aromatic ring is 1. The van der Waals surface area contributed by atoms with Crippen molar-refractivity contribution in [2.75, 3.05) is 11.1 Å². The number of hydrogen-bond donors (Lipinski definition) is 2. The van der Waals surface area contributed by atoms with Gasteiger partial charge in [-0.15, -0.1) is 0 Å². The highest BCUT2D eigenvalue weighted by molar-refractivity contribution is 6.08. The van der Waals surface area contributed by atoms with Crippen LogP contribution in [0.4, 0.5) is 17.1 Å². The van der Waals surface area contributed by atoms with E-state index in [0.717, 1.165) is 44.4 Å². The number of rotatable bonds is 2. The van der Waals surface area contributed by atoms with E-state index in [1.807, 2.05) is 30.3 Å². The highest BCUT2D eigenvalue weighted by Gasteiger charge is 2.10. The maximum atomic E-state index is 6.01. The molecule has 1 aromatic heterocycles. The van der Waals surface area contributed by atoms with Gasteiger partial charge in [0.05, 0.1) is 16.7 Å². The summed E-state index contributed by atoms with van der Waals surface area (Å²) in [5.74, 6) is 0. The second kappa shape index (κ2) is 5.53. The minimum Gasteiger partial charge on any atom is -0.399 e. The van der Waals surface area contributed by atoms with Crippen LogP contribution in [-0.2, 0) is 0 Å². The van der Waals surface area contributed by atoms with Gasteiger partial charge in [0, 0.05) is 22.1 Å². The Balaban J connectivity index is 2.01. The molecule has 0 atom stereocenters. The number of aromatic nitrogens is 1. The zero-order chi connectivity index (χ0) is 16.7. The van der Waals surface area contributed by atoms with Gasteiger partial charge in [-0.3, -0.25) is 0 Å². The van der Waals surface area contributed by atoms with Crippen LogP contribution in [0.3, 0.4) is 0 Å². The largest absolute Gasteiger partial charge is 0.399 e. The summed E-state index contributed by atoms with van der Waals surface area (Å²) >= 11 is 0. The van der Waals surface area contributed by atoms with Crippen LogP contribution in [-0.4, -0.2) is 4.98 Å². The Kier molecular flexibility index (Phi) is 3.35. The molecule has 0 spiro atoms. The number of para-hydroxylation sites is 1. The number of nitrogens with zero attached hydrogens (tertiary/aromatic N) is 1. The molecule has 0 aliphatic heterocycles. The molecule has 0 saturated carbocycles. The van der Waals surface area contributed by atoms with Crippen LogP contribution >= 0.6 is 0 Å². The van der Waals surface area contributed by atoms with Crippen LogP contribution < -0.4 is 11.1 Å². The van der Waals surface area contributed by atoms with Gasteiger partial charge in [0.25, 0.3) is 0 Å². The zero-order valence-electron chi connectivity index (χ0n) is 13.8. The summed E-state index contributed by atoms with van der Waals surface area (Å²) in [5.41, 5.74) is 13.2. The Morgan fingerprint density at radius 3 is 2.42 bits per heavy atom. The normalized spacial score (nSPS) is 11.1. The van der Waals surface area contributed by atoms with E-state index in [9.17, 15) is 0 Å². The number of fused-ring (bicyclic) bond motifs is 2. The molecule has 0 amide bonds. The van der Waals surface area contributed by atoms with Crippen molar-refractivity contribution in [3.8, 4) is 0 Å². The summed E-state index contributed by atoms with van der Waals surface area (Å²) < 4.78 is 0. The topological polar surface area (TPSA) is 50.9 Å². The number of nitrogens with one attached hydrogen (secondary N) is 1. The minimum absolute atomic E-state index is 0.761. The number of hydrogen-bond acceptors (Lipinski definition) is 3. The molecule has 24 heavy (non-hydrogen) atoms. The second-order valence-electron chi connectivity index (χ2n) is 6.28. The van der Waals surface area contributed by atoms with Gasteiger partial charge in [-0.05, 0) is 55.8 Å². The molecule has 4 aromatic rings. The van der Waals surface area contributed by atoms with E-state index in [4.69, 9.17) is 10.7 Å². The van der Waals surface area contributed by atoms with Crippen molar-refractivity contribution in [3.63, 3.8) is 0 Å². The average Bonchev–Trinajstić information content (AvgIpc) is 2.54. The van der Waals surface area contributed by atoms with Gasteiger partial charge in [-0.1, -0.05) is 29.8 Å². The van der Waals surface area contributed by atoms with Crippen molar-refractivity contribution in [2.24, 2.45) is 0 Å². The van der Waals surface area contributed by atoms with E-state index in [1.165, 1.54) is 5.56 Å². The standard InChI is InChI=1S/C21H19N3/c1-13-7-8-20-18(11-13)21(17-5-3-4-6-19(17)24-20)23-16-10-14(2)9-15(22)12-16/h3-12H,22H2,1-2H3,(H,23,24). The highest BCUT2D eigenvalue weighted by Crippen LogP contribution is 2.34. The quantitative estimate of drug-likeness (QED) is 0.388. The Morgan fingerprint density at radius 1 is 0.792 bits per heavy atom. The maximum absolute atomic E-state index is 6.01. The first-order valence-electron chi connectivity index (χ1n) is 8.03. The fraction of sp³-hybridized carbons (Fsp3) is 0.0952. The molecule has 3 aromatic carbocycles. The average molecular weight is 313 g/mol. The lowest BCUT2D eigenvalue weighted by atomic mass is 10.1.